The number of hydrogen-bond acceptors (Lipinski definition) is 4. The number of carbonyl (C=O) groups is 2. The van der Waals surface area contributed by atoms with E-state index >= 15 is 0 Å². The summed E-state index contributed by atoms with van der Waals surface area (Å²) in [4.78, 5) is 28.7. The summed E-state index contributed by atoms with van der Waals surface area (Å²) in [5, 5.41) is 3.23. The number of sulfonamides is 1. The van der Waals surface area contributed by atoms with E-state index in [9.17, 15) is 18.0 Å². The highest BCUT2D eigenvalue weighted by Crippen LogP contribution is 2.27. The van der Waals surface area contributed by atoms with Gasteiger partial charge in [-0.3, -0.25) is 13.9 Å². The molecule has 1 atom stereocenters. The lowest BCUT2D eigenvalue weighted by molar-refractivity contribution is -0.140. The van der Waals surface area contributed by atoms with Gasteiger partial charge in [0.15, 0.2) is 0 Å². The van der Waals surface area contributed by atoms with Crippen LogP contribution < -0.4 is 9.62 Å². The van der Waals surface area contributed by atoms with E-state index in [2.05, 4.69) is 5.32 Å². The molecule has 0 aliphatic carbocycles. The van der Waals surface area contributed by atoms with Crippen LogP contribution in [0.2, 0.25) is 5.02 Å². The van der Waals surface area contributed by atoms with Crippen molar-refractivity contribution in [2.24, 2.45) is 0 Å². The van der Waals surface area contributed by atoms with E-state index in [1.54, 1.807) is 30.3 Å². The van der Waals surface area contributed by atoms with Crippen LogP contribution in [0, 0.1) is 13.8 Å². The lowest BCUT2D eigenvalue weighted by atomic mass is 10.1. The minimum absolute atomic E-state index is 0.0545. The van der Waals surface area contributed by atoms with E-state index in [1.165, 1.54) is 23.1 Å². The van der Waals surface area contributed by atoms with E-state index in [0.717, 1.165) is 27.4 Å². The average Bonchev–Trinajstić information content (AvgIpc) is 2.90. The van der Waals surface area contributed by atoms with Crippen LogP contribution in [0.1, 0.15) is 43.4 Å². The Balaban J connectivity index is 2.05. The number of halogens is 1. The molecule has 9 heteroatoms. The van der Waals surface area contributed by atoms with Crippen molar-refractivity contribution >= 4 is 39.1 Å². The zero-order chi connectivity index (χ0) is 28.6. The van der Waals surface area contributed by atoms with Gasteiger partial charge in [0, 0.05) is 18.1 Å². The molecule has 0 radical (unpaired) electrons. The molecule has 0 spiro atoms. The molecule has 0 bridgehead atoms. The summed E-state index contributed by atoms with van der Waals surface area (Å²) in [6.07, 6.45) is 1.13. The zero-order valence-corrected chi connectivity index (χ0v) is 24.4. The molecule has 0 aliphatic heterocycles. The lowest BCUT2D eigenvalue weighted by Gasteiger charge is -2.33. The molecule has 3 rings (SSSR count). The Morgan fingerprint density at radius 2 is 1.62 bits per heavy atom. The summed E-state index contributed by atoms with van der Waals surface area (Å²) in [7, 11) is -4.14. The Labute approximate surface area is 236 Å². The molecule has 0 heterocycles. The minimum atomic E-state index is -4.14. The van der Waals surface area contributed by atoms with Crippen LogP contribution in [0.15, 0.2) is 77.7 Å². The van der Waals surface area contributed by atoms with Crippen molar-refractivity contribution in [3.05, 3.63) is 94.5 Å². The van der Waals surface area contributed by atoms with Crippen LogP contribution in [0.25, 0.3) is 0 Å². The molecule has 3 aromatic rings. The molecule has 0 saturated carbocycles. The summed E-state index contributed by atoms with van der Waals surface area (Å²) in [5.74, 6) is -0.762. The van der Waals surface area contributed by atoms with Crippen LogP contribution >= 0.6 is 11.6 Å². The quantitative estimate of drug-likeness (QED) is 0.313. The largest absolute Gasteiger partial charge is 0.354 e. The number of benzene rings is 3. The normalized spacial score (nSPS) is 12.0. The lowest BCUT2D eigenvalue weighted by Crippen LogP contribution is -2.52. The highest BCUT2D eigenvalue weighted by atomic mass is 35.5. The molecule has 0 saturated heterocycles. The number of hydrogen-bond donors (Lipinski definition) is 1. The first-order valence-electron chi connectivity index (χ1n) is 13.0. The molecule has 7 nitrogen and oxygen atoms in total. The number of nitrogens with zero attached hydrogens (tertiary/aromatic N) is 2. The number of aryl methyl sites for hydroxylation is 2. The molecule has 0 fully saturated rings. The molecule has 39 heavy (non-hydrogen) atoms. The van der Waals surface area contributed by atoms with Gasteiger partial charge in [-0.2, -0.15) is 0 Å². The maximum atomic E-state index is 14.0. The van der Waals surface area contributed by atoms with Crippen molar-refractivity contribution in [3.8, 4) is 0 Å². The predicted molar refractivity (Wildman–Crippen MR) is 156 cm³/mol. The summed E-state index contributed by atoms with van der Waals surface area (Å²) in [6, 6.07) is 19.8. The van der Waals surface area contributed by atoms with Gasteiger partial charge in [0.1, 0.15) is 12.6 Å². The maximum Gasteiger partial charge on any atom is 0.264 e. The SMILES string of the molecule is CCCNC(=O)C(CC)N(Cc1cccc(C)c1)C(=O)CN(c1cccc(Cl)c1)S(=O)(=O)c1ccc(C)cc1. The topological polar surface area (TPSA) is 86.8 Å². The van der Waals surface area contributed by atoms with Crippen LogP contribution in [0.5, 0.6) is 0 Å². The smallest absolute Gasteiger partial charge is 0.264 e. The number of rotatable bonds is 12. The second kappa shape index (κ2) is 13.6. The molecule has 2 amide bonds. The maximum absolute atomic E-state index is 14.0. The van der Waals surface area contributed by atoms with Crippen LogP contribution in [0.4, 0.5) is 5.69 Å². The second-order valence-electron chi connectivity index (χ2n) is 9.53. The first-order valence-corrected chi connectivity index (χ1v) is 14.9. The molecule has 0 aliphatic rings. The van der Waals surface area contributed by atoms with Gasteiger partial charge in [-0.15, -0.1) is 0 Å². The van der Waals surface area contributed by atoms with Gasteiger partial charge in [-0.25, -0.2) is 8.42 Å². The van der Waals surface area contributed by atoms with Crippen LogP contribution in [-0.4, -0.2) is 44.3 Å². The number of anilines is 1. The third-order valence-electron chi connectivity index (χ3n) is 6.35. The number of amides is 2. The fourth-order valence-electron chi connectivity index (χ4n) is 4.29. The van der Waals surface area contributed by atoms with Crippen molar-refractivity contribution in [1.82, 2.24) is 10.2 Å². The van der Waals surface area contributed by atoms with Gasteiger partial charge in [0.25, 0.3) is 10.0 Å². The number of nitrogens with one attached hydrogen (secondary N) is 1. The third kappa shape index (κ3) is 7.83. The van der Waals surface area contributed by atoms with Gasteiger partial charge in [0.05, 0.1) is 10.6 Å². The van der Waals surface area contributed by atoms with Crippen LogP contribution in [0.3, 0.4) is 0 Å². The van der Waals surface area contributed by atoms with Crippen molar-refractivity contribution in [1.29, 1.82) is 0 Å². The predicted octanol–water partition coefficient (Wildman–Crippen LogP) is 5.49. The Bertz CT molecular complexity index is 1390. The fraction of sp³-hybridized carbons (Fsp3) is 0.333. The zero-order valence-electron chi connectivity index (χ0n) is 22.9. The molecule has 208 valence electrons. The van der Waals surface area contributed by atoms with E-state index in [0.29, 0.717) is 18.0 Å². The monoisotopic (exact) mass is 569 g/mol. The molecular weight excluding hydrogens is 534 g/mol. The Morgan fingerprint density at radius 3 is 2.23 bits per heavy atom. The van der Waals surface area contributed by atoms with Gasteiger partial charge in [-0.05, 0) is 62.6 Å². The molecule has 1 N–H and O–H groups in total. The van der Waals surface area contributed by atoms with Crippen molar-refractivity contribution < 1.29 is 18.0 Å². The standard InChI is InChI=1S/C30H36ClN3O4S/c1-5-17-32-30(36)28(6-2)33(20-24-10-7-9-23(4)18-24)29(35)21-34(26-12-8-11-25(31)19-26)39(37,38)27-15-13-22(3)14-16-27/h7-16,18-19,28H,5-6,17,20-21H2,1-4H3,(H,32,36). The van der Waals surface area contributed by atoms with Gasteiger partial charge in [0.2, 0.25) is 11.8 Å². The molecular formula is C30H36ClN3O4S. The Hall–Kier alpha value is -3.36. The summed E-state index contributed by atoms with van der Waals surface area (Å²) >= 11 is 6.22. The van der Waals surface area contributed by atoms with Crippen LogP contribution in [-0.2, 0) is 26.2 Å². The highest BCUT2D eigenvalue weighted by Gasteiger charge is 2.33. The van der Waals surface area contributed by atoms with E-state index in [1.807, 2.05) is 52.0 Å². The fourth-order valence-corrected chi connectivity index (χ4v) is 5.88. The van der Waals surface area contributed by atoms with E-state index in [-0.39, 0.29) is 23.0 Å². The molecule has 3 aromatic carbocycles. The van der Waals surface area contributed by atoms with E-state index < -0.39 is 28.5 Å². The van der Waals surface area contributed by atoms with Gasteiger partial charge < -0.3 is 10.2 Å². The summed E-state index contributed by atoms with van der Waals surface area (Å²) in [5.41, 5.74) is 3.04. The molecule has 0 aromatic heterocycles. The summed E-state index contributed by atoms with van der Waals surface area (Å²) < 4.78 is 28.8. The Kier molecular flexibility index (Phi) is 10.5. The molecule has 1 unspecified atom stereocenters. The highest BCUT2D eigenvalue weighted by molar-refractivity contribution is 7.92. The third-order valence-corrected chi connectivity index (χ3v) is 8.38. The summed E-state index contributed by atoms with van der Waals surface area (Å²) in [6.45, 7) is 7.76. The van der Waals surface area contributed by atoms with Crippen molar-refractivity contribution in [3.63, 3.8) is 0 Å². The van der Waals surface area contributed by atoms with Gasteiger partial charge in [-0.1, -0.05) is 79.0 Å². The second-order valence-corrected chi connectivity index (χ2v) is 11.8. The van der Waals surface area contributed by atoms with E-state index in [4.69, 9.17) is 11.6 Å². The minimum Gasteiger partial charge on any atom is -0.354 e. The Morgan fingerprint density at radius 1 is 0.923 bits per heavy atom. The average molecular weight is 570 g/mol. The number of carbonyl (C=O) groups excluding carboxylic acids is 2. The van der Waals surface area contributed by atoms with Crippen molar-refractivity contribution in [2.75, 3.05) is 17.4 Å². The first-order chi connectivity index (χ1) is 18.6. The first kappa shape index (κ1) is 30.2. The van der Waals surface area contributed by atoms with Crippen molar-refractivity contribution in [2.45, 2.75) is 58.0 Å². The van der Waals surface area contributed by atoms with Gasteiger partial charge >= 0.3 is 0 Å².